The number of fused-ring (bicyclic) bond motifs is 1. The van der Waals surface area contributed by atoms with Gasteiger partial charge >= 0.3 is 6.03 Å². The molecular weight excluding hydrogens is 456 g/mol. The number of unbranched alkanes of at least 4 members (excludes halogenated alkanes) is 9. The van der Waals surface area contributed by atoms with Gasteiger partial charge in [0.25, 0.3) is 5.91 Å². The van der Waals surface area contributed by atoms with Crippen molar-refractivity contribution in [3.63, 3.8) is 0 Å². The second-order valence-electron chi connectivity index (χ2n) is 8.93. The number of hydrogen-bond acceptors (Lipinski definition) is 5. The summed E-state index contributed by atoms with van der Waals surface area (Å²) >= 11 is 7.91. The van der Waals surface area contributed by atoms with Crippen molar-refractivity contribution in [1.82, 2.24) is 15.1 Å². The van der Waals surface area contributed by atoms with Crippen molar-refractivity contribution in [2.45, 2.75) is 89.1 Å². The number of carbonyl (C=O) groups is 2. The van der Waals surface area contributed by atoms with Crippen molar-refractivity contribution in [2.75, 3.05) is 13.6 Å². The van der Waals surface area contributed by atoms with Crippen LogP contribution in [0.15, 0.2) is 29.3 Å². The highest BCUT2D eigenvalue weighted by atomic mass is 35.5. The number of urea groups is 1. The Morgan fingerprint density at radius 2 is 1.64 bits per heavy atom. The smallest absolute Gasteiger partial charge is 0.325 e. The zero-order valence-electron chi connectivity index (χ0n) is 19.9. The maximum Gasteiger partial charge on any atom is 0.325 e. The molecule has 2 aliphatic rings. The highest BCUT2D eigenvalue weighted by Crippen LogP contribution is 2.31. The van der Waals surface area contributed by atoms with Gasteiger partial charge in [0.2, 0.25) is 0 Å². The molecule has 6 nitrogen and oxygen atoms in total. The third kappa shape index (κ3) is 7.12. The third-order valence-electron chi connectivity index (χ3n) is 6.39. The molecule has 3 rings (SSSR count). The molecule has 1 aromatic rings. The van der Waals surface area contributed by atoms with Crippen LogP contribution < -0.4 is 5.32 Å². The summed E-state index contributed by atoms with van der Waals surface area (Å²) in [5.74, 6) is 0.415. The number of carbonyl (C=O) groups excluding carboxylic acids is 2. The van der Waals surface area contributed by atoms with Gasteiger partial charge in [-0.05, 0) is 18.1 Å². The van der Waals surface area contributed by atoms with E-state index in [4.69, 9.17) is 16.6 Å². The number of benzene rings is 1. The van der Waals surface area contributed by atoms with Crippen molar-refractivity contribution in [1.29, 1.82) is 0 Å². The summed E-state index contributed by atoms with van der Waals surface area (Å²) in [7, 11) is 1.70. The van der Waals surface area contributed by atoms with Gasteiger partial charge in [-0.2, -0.15) is 0 Å². The molecule has 182 valence electrons. The van der Waals surface area contributed by atoms with E-state index < -0.39 is 12.2 Å². The molecule has 0 aromatic heterocycles. The maximum atomic E-state index is 12.7. The van der Waals surface area contributed by atoms with Crippen LogP contribution in [0.5, 0.6) is 0 Å². The lowest BCUT2D eigenvalue weighted by Gasteiger charge is -2.36. The summed E-state index contributed by atoms with van der Waals surface area (Å²) in [4.78, 5) is 33.2. The summed E-state index contributed by atoms with van der Waals surface area (Å²) in [6.07, 6.45) is 12.2. The van der Waals surface area contributed by atoms with E-state index in [1.165, 1.54) is 56.3 Å². The SMILES string of the molecule is CCCCCCCCCCCCN1C(SCc2ccccc2Cl)=NC2C1C(=O)NC(=O)N2C. The largest absolute Gasteiger partial charge is 0.336 e. The van der Waals surface area contributed by atoms with Gasteiger partial charge in [-0.3, -0.25) is 10.1 Å². The molecule has 1 saturated heterocycles. The number of halogens is 1. The summed E-state index contributed by atoms with van der Waals surface area (Å²) < 4.78 is 0. The van der Waals surface area contributed by atoms with E-state index in [0.29, 0.717) is 5.75 Å². The number of hydrogen-bond donors (Lipinski definition) is 1. The number of imide groups is 1. The molecule has 2 heterocycles. The minimum atomic E-state index is -0.469. The molecule has 1 N–H and O–H groups in total. The Labute approximate surface area is 207 Å². The van der Waals surface area contributed by atoms with Crippen molar-refractivity contribution < 1.29 is 9.59 Å². The Bertz CT molecular complexity index is 834. The number of rotatable bonds is 13. The van der Waals surface area contributed by atoms with Gasteiger partial charge in [-0.15, -0.1) is 0 Å². The first-order chi connectivity index (χ1) is 16.0. The molecule has 3 amide bonds. The minimum Gasteiger partial charge on any atom is -0.336 e. The number of nitrogens with one attached hydrogen (secondary N) is 1. The second-order valence-corrected chi connectivity index (χ2v) is 10.3. The molecule has 0 radical (unpaired) electrons. The predicted octanol–water partition coefficient (Wildman–Crippen LogP) is 6.04. The number of amidine groups is 1. The van der Waals surface area contributed by atoms with Crippen molar-refractivity contribution in [3.8, 4) is 0 Å². The van der Waals surface area contributed by atoms with Gasteiger partial charge in [-0.25, -0.2) is 9.79 Å². The van der Waals surface area contributed by atoms with Crippen LogP contribution in [-0.4, -0.2) is 52.7 Å². The van der Waals surface area contributed by atoms with E-state index >= 15 is 0 Å². The zero-order valence-corrected chi connectivity index (χ0v) is 21.5. The third-order valence-corrected chi connectivity index (χ3v) is 7.81. The number of amides is 3. The lowest BCUT2D eigenvalue weighted by Crippen LogP contribution is -2.63. The number of nitrogens with zero attached hydrogens (tertiary/aromatic N) is 3. The first-order valence-corrected chi connectivity index (χ1v) is 13.7. The summed E-state index contributed by atoms with van der Waals surface area (Å²) in [5.41, 5.74) is 1.04. The molecule has 0 bridgehead atoms. The normalized spacial score (nSPS) is 20.2. The van der Waals surface area contributed by atoms with Crippen LogP contribution in [0.2, 0.25) is 5.02 Å². The monoisotopic (exact) mass is 492 g/mol. The Balaban J connectivity index is 1.52. The Hall–Kier alpha value is -1.73. The lowest BCUT2D eigenvalue weighted by atomic mass is 10.1. The molecule has 2 atom stereocenters. The second kappa shape index (κ2) is 13.2. The van der Waals surface area contributed by atoms with Crippen molar-refractivity contribution in [3.05, 3.63) is 34.9 Å². The summed E-state index contributed by atoms with van der Waals surface area (Å²) in [5, 5.41) is 4.02. The Morgan fingerprint density at radius 3 is 2.30 bits per heavy atom. The maximum absolute atomic E-state index is 12.7. The van der Waals surface area contributed by atoms with Gasteiger partial charge in [0.1, 0.15) is 0 Å². The topological polar surface area (TPSA) is 65.0 Å². The molecular formula is C25H37ClN4O2S. The van der Waals surface area contributed by atoms with Crippen LogP contribution in [-0.2, 0) is 10.5 Å². The first-order valence-electron chi connectivity index (χ1n) is 12.3. The van der Waals surface area contributed by atoms with Gasteiger partial charge in [-0.1, -0.05) is 106 Å². The fourth-order valence-electron chi connectivity index (χ4n) is 4.38. The van der Waals surface area contributed by atoms with E-state index in [1.807, 2.05) is 24.3 Å². The van der Waals surface area contributed by atoms with Gasteiger partial charge in [0.15, 0.2) is 17.4 Å². The average molecular weight is 493 g/mol. The molecule has 0 aliphatic carbocycles. The number of thioether (sulfide) groups is 1. The van der Waals surface area contributed by atoms with E-state index in [0.717, 1.165) is 35.1 Å². The van der Waals surface area contributed by atoms with Crippen LogP contribution in [0.1, 0.15) is 76.7 Å². The molecule has 0 spiro atoms. The standard InChI is InChI=1S/C25H37ClN4O2S/c1-3-4-5-6-7-8-9-10-11-14-17-30-21-22(29(2)24(32)28-23(21)31)27-25(30)33-18-19-15-12-13-16-20(19)26/h12-13,15-16,21-22H,3-11,14,17-18H2,1-2H3,(H,28,31,32). The summed E-state index contributed by atoms with van der Waals surface area (Å²) in [6, 6.07) is 6.93. The van der Waals surface area contributed by atoms with Crippen molar-refractivity contribution >= 4 is 40.5 Å². The van der Waals surface area contributed by atoms with E-state index in [9.17, 15) is 9.59 Å². The van der Waals surface area contributed by atoms with Crippen LogP contribution in [0, 0.1) is 0 Å². The van der Waals surface area contributed by atoms with Gasteiger partial charge < -0.3 is 9.80 Å². The quantitative estimate of drug-likeness (QED) is 0.341. The average Bonchev–Trinajstić information content (AvgIpc) is 3.17. The van der Waals surface area contributed by atoms with Gasteiger partial charge in [0, 0.05) is 24.4 Å². The highest BCUT2D eigenvalue weighted by Gasteiger charge is 2.48. The van der Waals surface area contributed by atoms with E-state index in [2.05, 4.69) is 17.1 Å². The van der Waals surface area contributed by atoms with E-state index in [-0.39, 0.29) is 11.9 Å². The first kappa shape index (κ1) is 25.9. The molecule has 8 heteroatoms. The van der Waals surface area contributed by atoms with Crippen LogP contribution >= 0.6 is 23.4 Å². The Morgan fingerprint density at radius 1 is 1.00 bits per heavy atom. The lowest BCUT2D eigenvalue weighted by molar-refractivity contribution is -0.127. The molecule has 2 unspecified atom stereocenters. The van der Waals surface area contributed by atoms with Crippen LogP contribution in [0.25, 0.3) is 0 Å². The van der Waals surface area contributed by atoms with Gasteiger partial charge in [0.05, 0.1) is 0 Å². The molecule has 2 aliphatic heterocycles. The Kier molecular flexibility index (Phi) is 10.4. The van der Waals surface area contributed by atoms with Crippen LogP contribution in [0.3, 0.4) is 0 Å². The number of likely N-dealkylation sites (N-methyl/N-ethyl adjacent to an activating group) is 1. The summed E-state index contributed by atoms with van der Waals surface area (Å²) in [6.45, 7) is 3.02. The fraction of sp³-hybridized carbons (Fsp3) is 0.640. The van der Waals surface area contributed by atoms with E-state index in [1.54, 1.807) is 18.8 Å². The molecule has 1 aromatic carbocycles. The highest BCUT2D eigenvalue weighted by molar-refractivity contribution is 8.13. The van der Waals surface area contributed by atoms with Crippen LogP contribution in [0.4, 0.5) is 4.79 Å². The predicted molar refractivity (Wildman–Crippen MR) is 138 cm³/mol. The molecule has 1 fully saturated rings. The molecule has 33 heavy (non-hydrogen) atoms. The number of aliphatic imine (C=N–C) groups is 1. The fourth-order valence-corrected chi connectivity index (χ4v) is 5.75. The zero-order chi connectivity index (χ0) is 23.6. The molecule has 0 saturated carbocycles. The van der Waals surface area contributed by atoms with Crippen molar-refractivity contribution in [2.24, 2.45) is 4.99 Å². The minimum absolute atomic E-state index is 0.257.